The van der Waals surface area contributed by atoms with E-state index in [1.807, 2.05) is 18.2 Å². The lowest BCUT2D eigenvalue weighted by Gasteiger charge is -2.26. The van der Waals surface area contributed by atoms with Crippen LogP contribution >= 0.6 is 24.0 Å². The van der Waals surface area contributed by atoms with Crippen LogP contribution in [0.1, 0.15) is 17.2 Å². The van der Waals surface area contributed by atoms with E-state index in [1.54, 1.807) is 7.05 Å². The van der Waals surface area contributed by atoms with E-state index in [-0.39, 0.29) is 35.8 Å². The van der Waals surface area contributed by atoms with Gasteiger partial charge in [0.05, 0.1) is 6.04 Å². The van der Waals surface area contributed by atoms with Gasteiger partial charge in [0.25, 0.3) is 0 Å². The molecule has 6 heteroatoms. The topological polar surface area (TPSA) is 39.7 Å². The third kappa shape index (κ3) is 7.29. The van der Waals surface area contributed by atoms with E-state index >= 15 is 0 Å². The van der Waals surface area contributed by atoms with Crippen LogP contribution in [0.2, 0.25) is 0 Å². The van der Waals surface area contributed by atoms with Gasteiger partial charge in [-0.05, 0) is 43.8 Å². The van der Waals surface area contributed by atoms with Gasteiger partial charge in [0.15, 0.2) is 5.96 Å². The normalized spacial score (nSPS) is 12.4. The SMILES string of the molecule is CN=C(NCCc1ccc(F)cc1)NCC(c1ccccc1)N(C)C.I. The minimum absolute atomic E-state index is 0. The van der Waals surface area contributed by atoms with E-state index in [4.69, 9.17) is 0 Å². The molecule has 2 aromatic carbocycles. The molecule has 2 aromatic rings. The lowest BCUT2D eigenvalue weighted by Crippen LogP contribution is -2.42. The largest absolute Gasteiger partial charge is 0.356 e. The van der Waals surface area contributed by atoms with Gasteiger partial charge in [-0.3, -0.25) is 4.99 Å². The third-order valence-electron chi connectivity index (χ3n) is 4.11. The molecule has 1 unspecified atom stereocenters. The van der Waals surface area contributed by atoms with Crippen molar-refractivity contribution >= 4 is 29.9 Å². The second-order valence-corrected chi connectivity index (χ2v) is 6.15. The molecule has 4 nitrogen and oxygen atoms in total. The Morgan fingerprint density at radius 1 is 1.04 bits per heavy atom. The van der Waals surface area contributed by atoms with Crippen molar-refractivity contribution in [1.29, 1.82) is 0 Å². The maximum atomic E-state index is 12.9. The van der Waals surface area contributed by atoms with E-state index in [2.05, 4.69) is 58.9 Å². The summed E-state index contributed by atoms with van der Waals surface area (Å²) in [5.41, 5.74) is 2.36. The summed E-state index contributed by atoms with van der Waals surface area (Å²) in [5, 5.41) is 6.69. The molecule has 2 N–H and O–H groups in total. The van der Waals surface area contributed by atoms with Gasteiger partial charge < -0.3 is 15.5 Å². The van der Waals surface area contributed by atoms with Gasteiger partial charge in [-0.25, -0.2) is 4.39 Å². The van der Waals surface area contributed by atoms with Crippen LogP contribution in [0.3, 0.4) is 0 Å². The van der Waals surface area contributed by atoms with Crippen molar-refractivity contribution in [3.8, 4) is 0 Å². The summed E-state index contributed by atoms with van der Waals surface area (Å²) >= 11 is 0. The maximum Gasteiger partial charge on any atom is 0.191 e. The Morgan fingerprint density at radius 3 is 2.27 bits per heavy atom. The number of benzene rings is 2. The van der Waals surface area contributed by atoms with E-state index in [0.717, 1.165) is 31.0 Å². The Morgan fingerprint density at radius 2 is 1.69 bits per heavy atom. The molecule has 0 aliphatic heterocycles. The summed E-state index contributed by atoms with van der Waals surface area (Å²) < 4.78 is 12.9. The molecule has 142 valence electrons. The molecule has 0 aromatic heterocycles. The fourth-order valence-corrected chi connectivity index (χ4v) is 2.66. The minimum atomic E-state index is -0.204. The number of likely N-dealkylation sites (N-methyl/N-ethyl adjacent to an activating group) is 1. The van der Waals surface area contributed by atoms with E-state index in [0.29, 0.717) is 0 Å². The quantitative estimate of drug-likeness (QED) is 0.370. The Hall–Kier alpha value is -1.67. The average molecular weight is 470 g/mol. The molecule has 0 aliphatic rings. The van der Waals surface area contributed by atoms with Crippen molar-refractivity contribution in [2.45, 2.75) is 12.5 Å². The molecule has 2 rings (SSSR count). The van der Waals surface area contributed by atoms with E-state index in [9.17, 15) is 4.39 Å². The smallest absolute Gasteiger partial charge is 0.191 e. The molecule has 0 radical (unpaired) electrons. The number of halogens is 2. The summed E-state index contributed by atoms with van der Waals surface area (Å²) in [5.74, 6) is 0.565. The van der Waals surface area contributed by atoms with Crippen molar-refractivity contribution in [3.05, 3.63) is 71.5 Å². The highest BCUT2D eigenvalue weighted by atomic mass is 127. The first-order valence-corrected chi connectivity index (χ1v) is 8.50. The first-order chi connectivity index (χ1) is 12.1. The highest BCUT2D eigenvalue weighted by molar-refractivity contribution is 14.0. The minimum Gasteiger partial charge on any atom is -0.356 e. The van der Waals surface area contributed by atoms with Crippen LogP contribution in [0.4, 0.5) is 4.39 Å². The third-order valence-corrected chi connectivity index (χ3v) is 4.11. The molecule has 0 heterocycles. The highest BCUT2D eigenvalue weighted by Crippen LogP contribution is 2.16. The Labute approximate surface area is 172 Å². The molecule has 0 amide bonds. The summed E-state index contributed by atoms with van der Waals surface area (Å²) in [6, 6.07) is 17.3. The van der Waals surface area contributed by atoms with E-state index in [1.165, 1.54) is 17.7 Å². The monoisotopic (exact) mass is 470 g/mol. The molecule has 0 saturated carbocycles. The lowest BCUT2D eigenvalue weighted by atomic mass is 10.1. The summed E-state index contributed by atoms with van der Waals surface area (Å²) in [6.45, 7) is 1.50. The molecular weight excluding hydrogens is 442 g/mol. The van der Waals surface area contributed by atoms with Gasteiger partial charge in [-0.15, -0.1) is 24.0 Å². The molecule has 0 bridgehead atoms. The van der Waals surface area contributed by atoms with Crippen LogP contribution < -0.4 is 10.6 Å². The van der Waals surface area contributed by atoms with Crippen LogP contribution in [0.15, 0.2) is 59.6 Å². The second kappa shape index (κ2) is 11.9. The molecule has 0 spiro atoms. The lowest BCUT2D eigenvalue weighted by molar-refractivity contribution is 0.298. The van der Waals surface area contributed by atoms with Crippen molar-refractivity contribution in [2.75, 3.05) is 34.2 Å². The van der Waals surface area contributed by atoms with Crippen LogP contribution in [-0.2, 0) is 6.42 Å². The Kier molecular flexibility index (Phi) is 10.2. The predicted molar refractivity (Wildman–Crippen MR) is 118 cm³/mol. The van der Waals surface area contributed by atoms with Crippen LogP contribution in [0.25, 0.3) is 0 Å². The fourth-order valence-electron chi connectivity index (χ4n) is 2.66. The van der Waals surface area contributed by atoms with Crippen LogP contribution in [-0.4, -0.2) is 45.1 Å². The number of nitrogens with one attached hydrogen (secondary N) is 2. The Bertz CT molecular complexity index is 659. The average Bonchev–Trinajstić information content (AvgIpc) is 2.62. The highest BCUT2D eigenvalue weighted by Gasteiger charge is 2.14. The molecule has 0 fully saturated rings. The van der Waals surface area contributed by atoms with Crippen molar-refractivity contribution in [1.82, 2.24) is 15.5 Å². The summed E-state index contributed by atoms with van der Waals surface area (Å²) in [6.07, 6.45) is 0.816. The molecule has 0 aliphatic carbocycles. The number of hydrogen-bond donors (Lipinski definition) is 2. The fraction of sp³-hybridized carbons (Fsp3) is 0.350. The Balaban J connectivity index is 0.00000338. The van der Waals surface area contributed by atoms with Gasteiger partial charge >= 0.3 is 0 Å². The number of hydrogen-bond acceptors (Lipinski definition) is 2. The zero-order valence-corrected chi connectivity index (χ0v) is 17.9. The predicted octanol–water partition coefficient (Wildman–Crippen LogP) is 3.45. The van der Waals surface area contributed by atoms with Gasteiger partial charge in [-0.1, -0.05) is 42.5 Å². The second-order valence-electron chi connectivity index (χ2n) is 6.15. The molecule has 1 atom stereocenters. The number of nitrogens with zero attached hydrogens (tertiary/aromatic N) is 2. The zero-order valence-electron chi connectivity index (χ0n) is 15.6. The summed E-state index contributed by atoms with van der Waals surface area (Å²) in [4.78, 5) is 6.46. The summed E-state index contributed by atoms with van der Waals surface area (Å²) in [7, 11) is 5.91. The first kappa shape index (κ1) is 22.4. The van der Waals surface area contributed by atoms with Crippen molar-refractivity contribution in [3.63, 3.8) is 0 Å². The number of guanidine groups is 1. The number of aliphatic imine (C=N–C) groups is 1. The first-order valence-electron chi connectivity index (χ1n) is 8.50. The van der Waals surface area contributed by atoms with Gasteiger partial charge in [0.2, 0.25) is 0 Å². The number of rotatable bonds is 7. The van der Waals surface area contributed by atoms with E-state index < -0.39 is 0 Å². The molecule has 26 heavy (non-hydrogen) atoms. The van der Waals surface area contributed by atoms with Gasteiger partial charge in [0, 0.05) is 20.1 Å². The van der Waals surface area contributed by atoms with Crippen molar-refractivity contribution < 1.29 is 4.39 Å². The zero-order chi connectivity index (χ0) is 18.1. The van der Waals surface area contributed by atoms with Gasteiger partial charge in [-0.2, -0.15) is 0 Å². The van der Waals surface area contributed by atoms with Crippen LogP contribution in [0, 0.1) is 5.82 Å². The standard InChI is InChI=1S/C20H27FN4.HI/c1-22-20(23-14-13-16-9-11-18(21)12-10-16)24-15-19(25(2)3)17-7-5-4-6-8-17;/h4-12,19H,13-15H2,1-3H3,(H2,22,23,24);1H. The van der Waals surface area contributed by atoms with Gasteiger partial charge in [0.1, 0.15) is 5.82 Å². The van der Waals surface area contributed by atoms with Crippen molar-refractivity contribution in [2.24, 2.45) is 4.99 Å². The molecular formula is C20H28FIN4. The molecule has 0 saturated heterocycles. The van der Waals surface area contributed by atoms with Crippen LogP contribution in [0.5, 0.6) is 0 Å². The maximum absolute atomic E-state index is 12.9.